The molecule has 2 rings (SSSR count). The first kappa shape index (κ1) is 15.0. The molecule has 1 aliphatic rings. The molecule has 0 aliphatic carbocycles. The predicted molar refractivity (Wildman–Crippen MR) is 74.5 cm³/mol. The Labute approximate surface area is 118 Å². The summed E-state index contributed by atoms with van der Waals surface area (Å²) in [5.41, 5.74) is -0.197. The Balaban J connectivity index is 1.89. The summed E-state index contributed by atoms with van der Waals surface area (Å²) >= 11 is 0. The molecular formula is C14H18FNO3S. The van der Waals surface area contributed by atoms with Crippen LogP contribution in [0.25, 0.3) is 0 Å². The van der Waals surface area contributed by atoms with Crippen molar-refractivity contribution in [2.75, 3.05) is 11.5 Å². The van der Waals surface area contributed by atoms with Gasteiger partial charge in [-0.05, 0) is 31.4 Å². The molecule has 6 heteroatoms. The number of halogens is 1. The van der Waals surface area contributed by atoms with Gasteiger partial charge in [0.05, 0.1) is 17.0 Å². The quantitative estimate of drug-likeness (QED) is 0.915. The third-order valence-corrected chi connectivity index (χ3v) is 5.43. The lowest BCUT2D eigenvalue weighted by Gasteiger charge is -2.23. The summed E-state index contributed by atoms with van der Waals surface area (Å²) in [4.78, 5) is 11.9. The molecule has 1 fully saturated rings. The van der Waals surface area contributed by atoms with Crippen LogP contribution in [0.15, 0.2) is 24.3 Å². The summed E-state index contributed by atoms with van der Waals surface area (Å²) < 4.78 is 36.3. The van der Waals surface area contributed by atoms with E-state index in [1.54, 1.807) is 25.1 Å². The molecule has 0 radical (unpaired) electrons. The summed E-state index contributed by atoms with van der Waals surface area (Å²) in [6.07, 6.45) is 0.888. The van der Waals surface area contributed by atoms with Gasteiger partial charge in [-0.25, -0.2) is 12.8 Å². The molecule has 1 amide bonds. The molecule has 4 nitrogen and oxygen atoms in total. The molecule has 0 spiro atoms. The minimum Gasteiger partial charge on any atom is -0.350 e. The van der Waals surface area contributed by atoms with Crippen LogP contribution < -0.4 is 5.32 Å². The second kappa shape index (κ2) is 5.52. The van der Waals surface area contributed by atoms with Crippen LogP contribution in [0.2, 0.25) is 0 Å². The number of amides is 1. The van der Waals surface area contributed by atoms with E-state index < -0.39 is 15.4 Å². The van der Waals surface area contributed by atoms with E-state index in [4.69, 9.17) is 0 Å². The fourth-order valence-electron chi connectivity index (χ4n) is 2.46. The molecule has 1 aromatic rings. The van der Waals surface area contributed by atoms with Gasteiger partial charge in [0.25, 0.3) is 0 Å². The van der Waals surface area contributed by atoms with Crippen molar-refractivity contribution in [3.8, 4) is 0 Å². The number of carbonyl (C=O) groups is 1. The van der Waals surface area contributed by atoms with E-state index >= 15 is 0 Å². The molecule has 1 aliphatic heterocycles. The molecule has 1 aromatic carbocycles. The third-order valence-electron chi connectivity index (χ3n) is 3.52. The third kappa shape index (κ3) is 3.79. The van der Waals surface area contributed by atoms with E-state index in [2.05, 4.69) is 5.32 Å². The van der Waals surface area contributed by atoms with Crippen LogP contribution in [-0.4, -0.2) is 31.4 Å². The summed E-state index contributed by atoms with van der Waals surface area (Å²) in [5, 5.41) is 2.76. The molecule has 1 atom stereocenters. The zero-order chi connectivity index (χ0) is 14.8. The van der Waals surface area contributed by atoms with Crippen LogP contribution in [0.5, 0.6) is 0 Å². The van der Waals surface area contributed by atoms with Crippen molar-refractivity contribution in [1.82, 2.24) is 5.32 Å². The van der Waals surface area contributed by atoms with Crippen LogP contribution in [0, 0.1) is 5.82 Å². The SMILES string of the molecule is C[C@@]1(NC(=O)CCc2ccccc2F)CCS(=O)(=O)C1. The van der Waals surface area contributed by atoms with Gasteiger partial charge in [-0.2, -0.15) is 0 Å². The molecule has 0 saturated carbocycles. The van der Waals surface area contributed by atoms with Crippen LogP contribution in [0.3, 0.4) is 0 Å². The molecular weight excluding hydrogens is 281 g/mol. The Kier molecular flexibility index (Phi) is 4.13. The lowest BCUT2D eigenvalue weighted by Crippen LogP contribution is -2.47. The molecule has 20 heavy (non-hydrogen) atoms. The highest BCUT2D eigenvalue weighted by Gasteiger charge is 2.39. The van der Waals surface area contributed by atoms with Crippen molar-refractivity contribution in [2.45, 2.75) is 31.7 Å². The maximum Gasteiger partial charge on any atom is 0.220 e. The lowest BCUT2D eigenvalue weighted by atomic mass is 10.0. The van der Waals surface area contributed by atoms with E-state index in [9.17, 15) is 17.6 Å². The van der Waals surface area contributed by atoms with Gasteiger partial charge >= 0.3 is 0 Å². The number of hydrogen-bond donors (Lipinski definition) is 1. The van der Waals surface area contributed by atoms with Gasteiger partial charge in [0.2, 0.25) is 5.91 Å². The molecule has 1 heterocycles. The van der Waals surface area contributed by atoms with Crippen molar-refractivity contribution >= 4 is 15.7 Å². The average molecular weight is 299 g/mol. The smallest absolute Gasteiger partial charge is 0.220 e. The molecule has 0 aromatic heterocycles. The van der Waals surface area contributed by atoms with E-state index in [-0.39, 0.29) is 29.7 Å². The maximum absolute atomic E-state index is 13.4. The molecule has 1 N–H and O–H groups in total. The van der Waals surface area contributed by atoms with Crippen LogP contribution >= 0.6 is 0 Å². The first-order valence-electron chi connectivity index (χ1n) is 6.55. The number of carbonyl (C=O) groups excluding carboxylic acids is 1. The van der Waals surface area contributed by atoms with Crippen LogP contribution in [0.1, 0.15) is 25.3 Å². The first-order chi connectivity index (χ1) is 9.30. The average Bonchev–Trinajstić information content (AvgIpc) is 2.62. The Morgan fingerprint density at radius 3 is 2.70 bits per heavy atom. The number of hydrogen-bond acceptors (Lipinski definition) is 3. The van der Waals surface area contributed by atoms with E-state index in [1.807, 2.05) is 0 Å². The van der Waals surface area contributed by atoms with Crippen molar-refractivity contribution in [2.24, 2.45) is 0 Å². The fraction of sp³-hybridized carbons (Fsp3) is 0.500. The number of benzene rings is 1. The molecule has 110 valence electrons. The Bertz CT molecular complexity index is 615. The molecule has 0 bridgehead atoms. The lowest BCUT2D eigenvalue weighted by molar-refractivity contribution is -0.122. The van der Waals surface area contributed by atoms with Gasteiger partial charge in [-0.15, -0.1) is 0 Å². The largest absolute Gasteiger partial charge is 0.350 e. The van der Waals surface area contributed by atoms with Gasteiger partial charge in [-0.3, -0.25) is 4.79 Å². The van der Waals surface area contributed by atoms with Crippen LogP contribution in [-0.2, 0) is 21.1 Å². The summed E-state index contributed by atoms with van der Waals surface area (Å²) in [6, 6.07) is 6.33. The minimum absolute atomic E-state index is 0.0224. The van der Waals surface area contributed by atoms with Crippen LogP contribution in [0.4, 0.5) is 4.39 Å². The second-order valence-corrected chi connectivity index (χ2v) is 7.73. The number of sulfone groups is 1. The predicted octanol–water partition coefficient (Wildman–Crippen LogP) is 1.45. The zero-order valence-corrected chi connectivity index (χ0v) is 12.2. The van der Waals surface area contributed by atoms with Crippen molar-refractivity contribution < 1.29 is 17.6 Å². The number of rotatable bonds is 4. The maximum atomic E-state index is 13.4. The minimum atomic E-state index is -3.05. The van der Waals surface area contributed by atoms with Gasteiger partial charge in [0, 0.05) is 6.42 Å². The highest BCUT2D eigenvalue weighted by atomic mass is 32.2. The zero-order valence-electron chi connectivity index (χ0n) is 11.4. The Morgan fingerprint density at radius 2 is 2.10 bits per heavy atom. The highest BCUT2D eigenvalue weighted by Crippen LogP contribution is 2.23. The van der Waals surface area contributed by atoms with Crippen molar-refractivity contribution in [3.63, 3.8) is 0 Å². The highest BCUT2D eigenvalue weighted by molar-refractivity contribution is 7.91. The topological polar surface area (TPSA) is 63.2 Å². The second-order valence-electron chi connectivity index (χ2n) is 5.54. The Hall–Kier alpha value is -1.43. The summed E-state index contributed by atoms with van der Waals surface area (Å²) in [5.74, 6) is -0.481. The van der Waals surface area contributed by atoms with E-state index in [0.29, 0.717) is 18.4 Å². The van der Waals surface area contributed by atoms with Gasteiger partial charge in [0.15, 0.2) is 9.84 Å². The monoisotopic (exact) mass is 299 g/mol. The normalized spacial score (nSPS) is 24.5. The number of nitrogens with one attached hydrogen (secondary N) is 1. The first-order valence-corrected chi connectivity index (χ1v) is 8.37. The van der Waals surface area contributed by atoms with E-state index in [1.165, 1.54) is 6.07 Å². The van der Waals surface area contributed by atoms with E-state index in [0.717, 1.165) is 0 Å². The molecule has 1 saturated heterocycles. The summed E-state index contributed by atoms with van der Waals surface area (Å²) in [6.45, 7) is 1.73. The standard InChI is InChI=1S/C14H18FNO3S/c1-14(8-9-20(18,19)10-14)16-13(17)7-6-11-4-2-3-5-12(11)15/h2-5H,6-10H2,1H3,(H,16,17)/t14-/m1/s1. The van der Waals surface area contributed by atoms with Gasteiger partial charge in [-0.1, -0.05) is 18.2 Å². The van der Waals surface area contributed by atoms with Crippen molar-refractivity contribution in [3.05, 3.63) is 35.6 Å². The van der Waals surface area contributed by atoms with Crippen molar-refractivity contribution in [1.29, 1.82) is 0 Å². The fourth-order valence-corrected chi connectivity index (χ4v) is 4.55. The summed E-state index contributed by atoms with van der Waals surface area (Å²) in [7, 11) is -3.05. The van der Waals surface area contributed by atoms with Gasteiger partial charge < -0.3 is 5.32 Å². The molecule has 0 unspecified atom stereocenters. The number of aryl methyl sites for hydroxylation is 1. The Morgan fingerprint density at radius 1 is 1.40 bits per heavy atom. The van der Waals surface area contributed by atoms with Gasteiger partial charge in [0.1, 0.15) is 5.82 Å².